The standard InChI is InChI=1S/C40H57N7O6S2/c1-5-29(4)38(47-20-19-45(40(47)50)25-33-27-54-37(43-33)23-41-28(2)3)39(49)44-35(21-30-11-7-6-8-12-30)36(48)26-46(24-32-13-9-10-14-32)55(52,53)34-17-15-31(16-18-34)22-42-51/h6-8,11-12,15-18,22,27-29,32,35-36,38,41,48,51H,5,9-10,13-14,19-21,23-26H2,1-4H3,(H,44,49)/b42-22+/t29-,35-,36+,38+/m0/s1. The Kier molecular flexibility index (Phi) is 15.2. The number of rotatable bonds is 20. The molecule has 4 N–H and O–H groups in total. The van der Waals surface area contributed by atoms with Crippen molar-refractivity contribution in [2.24, 2.45) is 17.0 Å². The molecule has 0 radical (unpaired) electrons. The number of nitrogens with one attached hydrogen (secondary N) is 2. The molecule has 2 heterocycles. The van der Waals surface area contributed by atoms with Gasteiger partial charge in [0.05, 0.1) is 35.5 Å². The Hall–Kier alpha value is -3.89. The molecule has 55 heavy (non-hydrogen) atoms. The molecule has 3 amide bonds. The lowest BCUT2D eigenvalue weighted by Gasteiger charge is -2.35. The minimum absolute atomic E-state index is 0.0615. The molecule has 2 fully saturated rings. The molecule has 2 aliphatic rings. The summed E-state index contributed by atoms with van der Waals surface area (Å²) in [6, 6.07) is 14.0. The van der Waals surface area contributed by atoms with Crippen LogP contribution < -0.4 is 10.6 Å². The molecule has 5 rings (SSSR count). The Balaban J connectivity index is 1.36. The van der Waals surface area contributed by atoms with Crippen molar-refractivity contribution < 1.29 is 28.3 Å². The molecule has 0 spiro atoms. The van der Waals surface area contributed by atoms with Gasteiger partial charge in [0, 0.05) is 44.1 Å². The first kappa shape index (κ1) is 42.3. The number of benzene rings is 2. The van der Waals surface area contributed by atoms with Crippen molar-refractivity contribution in [1.82, 2.24) is 29.7 Å². The molecule has 1 saturated carbocycles. The number of hydrogen-bond acceptors (Lipinski definition) is 10. The third kappa shape index (κ3) is 11.3. The average molecular weight is 796 g/mol. The Bertz CT molecular complexity index is 1820. The second kappa shape index (κ2) is 19.8. The van der Waals surface area contributed by atoms with E-state index in [1.807, 2.05) is 49.6 Å². The molecule has 1 aromatic heterocycles. The lowest BCUT2D eigenvalue weighted by Crippen LogP contribution is -2.57. The van der Waals surface area contributed by atoms with Crippen LogP contribution in [0.15, 0.2) is 70.0 Å². The van der Waals surface area contributed by atoms with Gasteiger partial charge in [0.1, 0.15) is 11.0 Å². The van der Waals surface area contributed by atoms with Crippen LogP contribution in [0, 0.1) is 11.8 Å². The molecule has 3 aromatic rings. The monoisotopic (exact) mass is 795 g/mol. The van der Waals surface area contributed by atoms with E-state index in [4.69, 9.17) is 10.2 Å². The Labute approximate surface area is 329 Å². The minimum Gasteiger partial charge on any atom is -0.411 e. The molecule has 300 valence electrons. The van der Waals surface area contributed by atoms with E-state index >= 15 is 0 Å². The summed E-state index contributed by atoms with van der Waals surface area (Å²) in [7, 11) is -4.05. The number of aliphatic hydroxyl groups is 1. The average Bonchev–Trinajstić information content (AvgIpc) is 3.94. The van der Waals surface area contributed by atoms with Gasteiger partial charge < -0.3 is 30.7 Å². The van der Waals surface area contributed by atoms with Crippen LogP contribution >= 0.6 is 11.3 Å². The SMILES string of the molecule is CC[C@H](C)[C@H](C(=O)N[C@@H](Cc1ccccc1)[C@H](O)CN(CC1CCCC1)S(=O)(=O)c1ccc(/C=N/O)cc1)N1CCN(Cc2csc(CNC(C)C)n2)C1=O. The zero-order chi connectivity index (χ0) is 39.5. The van der Waals surface area contributed by atoms with Crippen LogP contribution in [0.2, 0.25) is 0 Å². The van der Waals surface area contributed by atoms with E-state index in [0.29, 0.717) is 44.2 Å². The van der Waals surface area contributed by atoms with Crippen molar-refractivity contribution >= 4 is 39.5 Å². The van der Waals surface area contributed by atoms with Crippen LogP contribution in [0.5, 0.6) is 0 Å². The topological polar surface area (TPSA) is 168 Å². The van der Waals surface area contributed by atoms with E-state index in [9.17, 15) is 23.1 Å². The van der Waals surface area contributed by atoms with Crippen LogP contribution in [-0.4, -0.2) is 106 Å². The molecule has 1 aliphatic carbocycles. The van der Waals surface area contributed by atoms with E-state index in [1.54, 1.807) is 33.3 Å². The maximum absolute atomic E-state index is 14.4. The number of hydrogen-bond donors (Lipinski definition) is 4. The summed E-state index contributed by atoms with van der Waals surface area (Å²) in [6.45, 7) is 9.93. The summed E-state index contributed by atoms with van der Waals surface area (Å²) in [4.78, 5) is 36.5. The number of thiazole rings is 1. The van der Waals surface area contributed by atoms with Gasteiger partial charge in [0.15, 0.2) is 0 Å². The summed E-state index contributed by atoms with van der Waals surface area (Å²) in [5, 5.41) is 33.3. The molecular formula is C40H57N7O6S2. The van der Waals surface area contributed by atoms with Gasteiger partial charge in [-0.1, -0.05) is 94.6 Å². The van der Waals surface area contributed by atoms with Crippen LogP contribution in [0.4, 0.5) is 4.79 Å². The fraction of sp³-hybridized carbons (Fsp3) is 0.550. The van der Waals surface area contributed by atoms with Gasteiger partial charge in [-0.2, -0.15) is 4.31 Å². The quantitative estimate of drug-likeness (QED) is 0.0699. The minimum atomic E-state index is -4.05. The van der Waals surface area contributed by atoms with Gasteiger partial charge >= 0.3 is 6.03 Å². The first-order chi connectivity index (χ1) is 26.4. The summed E-state index contributed by atoms with van der Waals surface area (Å²) in [5.41, 5.74) is 2.22. The Morgan fingerprint density at radius 1 is 1.09 bits per heavy atom. The van der Waals surface area contributed by atoms with Gasteiger partial charge in [-0.25, -0.2) is 18.2 Å². The number of amides is 3. The molecule has 15 heteroatoms. The van der Waals surface area contributed by atoms with Gasteiger partial charge in [-0.3, -0.25) is 4.79 Å². The molecular weight excluding hydrogens is 739 g/mol. The van der Waals surface area contributed by atoms with Gasteiger partial charge in [-0.15, -0.1) is 11.3 Å². The maximum atomic E-state index is 14.4. The van der Waals surface area contributed by atoms with Gasteiger partial charge in [-0.05, 0) is 54.4 Å². The summed E-state index contributed by atoms with van der Waals surface area (Å²) in [5.74, 6) is -0.424. The summed E-state index contributed by atoms with van der Waals surface area (Å²) < 4.78 is 29.7. The van der Waals surface area contributed by atoms with Crippen molar-refractivity contribution in [2.75, 3.05) is 26.2 Å². The molecule has 1 aliphatic heterocycles. The number of oxime groups is 1. The maximum Gasteiger partial charge on any atom is 0.321 e. The van der Waals surface area contributed by atoms with Gasteiger partial charge in [0.25, 0.3) is 0 Å². The molecule has 1 saturated heterocycles. The van der Waals surface area contributed by atoms with Crippen LogP contribution in [0.25, 0.3) is 0 Å². The molecule has 0 unspecified atom stereocenters. The summed E-state index contributed by atoms with van der Waals surface area (Å²) >= 11 is 1.55. The highest BCUT2D eigenvalue weighted by Crippen LogP contribution is 2.29. The predicted molar refractivity (Wildman–Crippen MR) is 214 cm³/mol. The number of nitrogens with zero attached hydrogens (tertiary/aromatic N) is 5. The highest BCUT2D eigenvalue weighted by molar-refractivity contribution is 7.89. The van der Waals surface area contributed by atoms with Crippen LogP contribution in [0.3, 0.4) is 0 Å². The zero-order valence-electron chi connectivity index (χ0n) is 32.4. The predicted octanol–water partition coefficient (Wildman–Crippen LogP) is 5.07. The van der Waals surface area contributed by atoms with Crippen molar-refractivity contribution in [2.45, 2.75) is 108 Å². The first-order valence-corrected chi connectivity index (χ1v) is 21.7. The molecule has 13 nitrogen and oxygen atoms in total. The number of urea groups is 1. The highest BCUT2D eigenvalue weighted by atomic mass is 32.2. The number of carbonyl (C=O) groups excluding carboxylic acids is 2. The highest BCUT2D eigenvalue weighted by Gasteiger charge is 2.41. The number of sulfonamides is 1. The normalized spacial score (nSPS) is 17.8. The second-order valence-electron chi connectivity index (χ2n) is 15.2. The van der Waals surface area contributed by atoms with Crippen molar-refractivity contribution in [1.29, 1.82) is 0 Å². The molecule has 0 bridgehead atoms. The fourth-order valence-corrected chi connectivity index (χ4v) is 9.64. The van der Waals surface area contributed by atoms with E-state index in [2.05, 4.69) is 29.6 Å². The summed E-state index contributed by atoms with van der Waals surface area (Å²) in [6.07, 6.45) is 4.68. The number of aliphatic hydroxyl groups excluding tert-OH is 1. The van der Waals surface area contributed by atoms with E-state index in [1.165, 1.54) is 22.7 Å². The van der Waals surface area contributed by atoms with Crippen LogP contribution in [-0.2, 0) is 34.3 Å². The fourth-order valence-electron chi connectivity index (χ4n) is 7.37. The first-order valence-electron chi connectivity index (χ1n) is 19.4. The van der Waals surface area contributed by atoms with Crippen molar-refractivity contribution in [3.05, 3.63) is 81.8 Å². The van der Waals surface area contributed by atoms with Crippen molar-refractivity contribution in [3.8, 4) is 0 Å². The second-order valence-corrected chi connectivity index (χ2v) is 18.0. The number of carbonyl (C=O) groups is 2. The van der Waals surface area contributed by atoms with Crippen molar-refractivity contribution in [3.63, 3.8) is 0 Å². The zero-order valence-corrected chi connectivity index (χ0v) is 34.0. The molecule has 4 atom stereocenters. The lowest BCUT2D eigenvalue weighted by molar-refractivity contribution is -0.128. The Morgan fingerprint density at radius 2 is 1.80 bits per heavy atom. The Morgan fingerprint density at radius 3 is 2.45 bits per heavy atom. The largest absolute Gasteiger partial charge is 0.411 e. The van der Waals surface area contributed by atoms with E-state index in [-0.39, 0.29) is 48.2 Å². The third-order valence-corrected chi connectivity index (χ3v) is 13.4. The third-order valence-electron chi connectivity index (χ3n) is 10.7. The smallest absolute Gasteiger partial charge is 0.321 e. The lowest BCUT2D eigenvalue weighted by atomic mass is 9.95. The molecule has 2 aromatic carbocycles. The van der Waals surface area contributed by atoms with Crippen LogP contribution in [0.1, 0.15) is 81.6 Å². The van der Waals surface area contributed by atoms with Gasteiger partial charge in [0.2, 0.25) is 15.9 Å². The van der Waals surface area contributed by atoms with E-state index in [0.717, 1.165) is 41.9 Å². The number of aromatic nitrogens is 1. The van der Waals surface area contributed by atoms with E-state index < -0.39 is 28.2 Å².